The standard InChI is InChI=1S/C17H12Cl2F3NO2/c1-25-15-6-2-10(8-13(15)19)3-7-16(24)23-14-9-11(17(20,21)22)4-5-12(14)18/h2-9H,1H3,(H,23,24)/b7-3+. The zero-order valence-electron chi connectivity index (χ0n) is 12.8. The molecule has 132 valence electrons. The summed E-state index contributed by atoms with van der Waals surface area (Å²) in [5.41, 5.74) is -0.409. The summed E-state index contributed by atoms with van der Waals surface area (Å²) in [5.74, 6) is -0.146. The summed E-state index contributed by atoms with van der Waals surface area (Å²) >= 11 is 11.8. The number of rotatable bonds is 4. The summed E-state index contributed by atoms with van der Waals surface area (Å²) in [6.45, 7) is 0. The van der Waals surface area contributed by atoms with Crippen molar-refractivity contribution < 1.29 is 22.7 Å². The fourth-order valence-electron chi connectivity index (χ4n) is 1.93. The summed E-state index contributed by atoms with van der Waals surface area (Å²) in [4.78, 5) is 11.9. The number of carbonyl (C=O) groups excluding carboxylic acids is 1. The molecule has 1 N–H and O–H groups in total. The lowest BCUT2D eigenvalue weighted by molar-refractivity contribution is -0.137. The highest BCUT2D eigenvalue weighted by Crippen LogP contribution is 2.33. The van der Waals surface area contributed by atoms with Crippen molar-refractivity contribution in [2.75, 3.05) is 12.4 Å². The second-order valence-corrected chi connectivity index (χ2v) is 5.72. The molecule has 2 aromatic rings. The van der Waals surface area contributed by atoms with Gasteiger partial charge in [0.05, 0.1) is 28.4 Å². The molecule has 0 aromatic heterocycles. The van der Waals surface area contributed by atoms with Gasteiger partial charge >= 0.3 is 6.18 Å². The molecule has 0 heterocycles. The van der Waals surface area contributed by atoms with E-state index in [4.69, 9.17) is 27.9 Å². The van der Waals surface area contributed by atoms with Crippen LogP contribution in [0.4, 0.5) is 18.9 Å². The number of benzene rings is 2. The van der Waals surface area contributed by atoms with Crippen LogP contribution in [0.25, 0.3) is 6.08 Å². The van der Waals surface area contributed by atoms with Crippen LogP contribution >= 0.6 is 23.2 Å². The van der Waals surface area contributed by atoms with Gasteiger partial charge in [0.2, 0.25) is 5.91 Å². The Labute approximate surface area is 152 Å². The third-order valence-electron chi connectivity index (χ3n) is 3.15. The topological polar surface area (TPSA) is 38.3 Å². The quantitative estimate of drug-likeness (QED) is 0.683. The van der Waals surface area contributed by atoms with E-state index in [1.807, 2.05) is 0 Å². The molecule has 2 rings (SSSR count). The molecular weight excluding hydrogens is 378 g/mol. The van der Waals surface area contributed by atoms with Gasteiger partial charge in [0.1, 0.15) is 5.75 Å². The Morgan fingerprint density at radius 3 is 2.44 bits per heavy atom. The van der Waals surface area contributed by atoms with Crippen molar-refractivity contribution in [2.45, 2.75) is 6.18 Å². The molecule has 1 amide bonds. The zero-order chi connectivity index (χ0) is 18.6. The van der Waals surface area contributed by atoms with Gasteiger partial charge < -0.3 is 10.1 Å². The summed E-state index contributed by atoms with van der Waals surface area (Å²) in [5, 5.41) is 2.68. The minimum atomic E-state index is -4.53. The minimum absolute atomic E-state index is 0.00208. The molecule has 0 aliphatic rings. The second kappa shape index (κ2) is 7.80. The van der Waals surface area contributed by atoms with Gasteiger partial charge in [0.25, 0.3) is 0 Å². The third-order valence-corrected chi connectivity index (χ3v) is 3.78. The van der Waals surface area contributed by atoms with Gasteiger partial charge in [-0.25, -0.2) is 0 Å². The van der Waals surface area contributed by atoms with Gasteiger partial charge in [-0.05, 0) is 42.0 Å². The van der Waals surface area contributed by atoms with E-state index >= 15 is 0 Å². The molecule has 0 aliphatic heterocycles. The molecule has 25 heavy (non-hydrogen) atoms. The number of hydrogen-bond acceptors (Lipinski definition) is 2. The first-order valence-corrected chi connectivity index (χ1v) is 7.65. The SMILES string of the molecule is COc1ccc(/C=C/C(=O)Nc2cc(C(F)(F)F)ccc2Cl)cc1Cl. The van der Waals surface area contributed by atoms with E-state index in [0.717, 1.165) is 24.3 Å². The van der Waals surface area contributed by atoms with Crippen LogP contribution in [-0.2, 0) is 11.0 Å². The van der Waals surface area contributed by atoms with Gasteiger partial charge in [-0.3, -0.25) is 4.79 Å². The van der Waals surface area contributed by atoms with Crippen LogP contribution < -0.4 is 10.1 Å². The maximum absolute atomic E-state index is 12.7. The Bertz CT molecular complexity index is 820. The van der Waals surface area contributed by atoms with Crippen molar-refractivity contribution in [1.82, 2.24) is 0 Å². The lowest BCUT2D eigenvalue weighted by atomic mass is 10.2. The number of methoxy groups -OCH3 is 1. The second-order valence-electron chi connectivity index (χ2n) is 4.91. The minimum Gasteiger partial charge on any atom is -0.495 e. The van der Waals surface area contributed by atoms with Crippen LogP contribution in [-0.4, -0.2) is 13.0 Å². The first-order chi connectivity index (χ1) is 11.7. The summed E-state index contributed by atoms with van der Waals surface area (Å²) in [6.07, 6.45) is -1.91. The molecule has 0 bridgehead atoms. The molecule has 2 aromatic carbocycles. The van der Waals surface area contributed by atoms with Gasteiger partial charge in [-0.2, -0.15) is 13.2 Å². The number of anilines is 1. The largest absolute Gasteiger partial charge is 0.495 e. The molecule has 0 aliphatic carbocycles. The van der Waals surface area contributed by atoms with Crippen molar-refractivity contribution in [3.05, 3.63) is 63.6 Å². The molecular formula is C17H12Cl2F3NO2. The Morgan fingerprint density at radius 1 is 1.12 bits per heavy atom. The molecule has 8 heteroatoms. The molecule has 0 fully saturated rings. The summed E-state index contributed by atoms with van der Waals surface area (Å²) in [6, 6.07) is 7.58. The van der Waals surface area contributed by atoms with Gasteiger partial charge in [0, 0.05) is 6.08 Å². The average Bonchev–Trinajstić information content (AvgIpc) is 2.54. The number of halogens is 5. The normalized spacial score (nSPS) is 11.6. The maximum Gasteiger partial charge on any atom is 0.416 e. The first-order valence-electron chi connectivity index (χ1n) is 6.90. The summed E-state index contributed by atoms with van der Waals surface area (Å²) < 4.78 is 43.2. The Balaban J connectivity index is 2.13. The highest BCUT2D eigenvalue weighted by Gasteiger charge is 2.31. The van der Waals surface area contributed by atoms with E-state index in [1.54, 1.807) is 18.2 Å². The van der Waals surface area contributed by atoms with Crippen LogP contribution in [0.1, 0.15) is 11.1 Å². The Hall–Kier alpha value is -2.18. The Kier molecular flexibility index (Phi) is 5.98. The van der Waals surface area contributed by atoms with Gasteiger partial charge in [0.15, 0.2) is 0 Å². The number of hydrogen-bond donors (Lipinski definition) is 1. The van der Waals surface area contributed by atoms with Crippen LogP contribution in [0.15, 0.2) is 42.5 Å². The number of ether oxygens (including phenoxy) is 1. The van der Waals surface area contributed by atoms with Crippen molar-refractivity contribution in [3.63, 3.8) is 0 Å². The Morgan fingerprint density at radius 2 is 1.84 bits per heavy atom. The summed E-state index contributed by atoms with van der Waals surface area (Å²) in [7, 11) is 1.48. The molecule has 0 atom stereocenters. The predicted octanol–water partition coefficient (Wildman–Crippen LogP) is 5.67. The lowest BCUT2D eigenvalue weighted by Gasteiger charge is -2.10. The number of carbonyl (C=O) groups is 1. The van der Waals surface area contributed by atoms with Crippen molar-refractivity contribution in [2.24, 2.45) is 0 Å². The smallest absolute Gasteiger partial charge is 0.416 e. The highest BCUT2D eigenvalue weighted by molar-refractivity contribution is 6.34. The fraction of sp³-hybridized carbons (Fsp3) is 0.118. The van der Waals surface area contributed by atoms with E-state index in [-0.39, 0.29) is 10.7 Å². The average molecular weight is 390 g/mol. The molecule has 0 radical (unpaired) electrons. The van der Waals surface area contributed by atoms with E-state index in [0.29, 0.717) is 16.3 Å². The first kappa shape index (κ1) is 19.1. The van der Waals surface area contributed by atoms with Gasteiger partial charge in [-0.1, -0.05) is 29.3 Å². The van der Waals surface area contributed by atoms with E-state index in [1.165, 1.54) is 13.2 Å². The molecule has 0 spiro atoms. The van der Waals surface area contributed by atoms with Crippen molar-refractivity contribution >= 4 is 40.9 Å². The third kappa shape index (κ3) is 5.14. The predicted molar refractivity (Wildman–Crippen MR) is 92.1 cm³/mol. The number of alkyl halides is 3. The van der Waals surface area contributed by atoms with Crippen LogP contribution in [0, 0.1) is 0 Å². The molecule has 3 nitrogen and oxygen atoms in total. The fourth-order valence-corrected chi connectivity index (χ4v) is 2.36. The van der Waals surface area contributed by atoms with Crippen LogP contribution in [0.5, 0.6) is 5.75 Å². The van der Waals surface area contributed by atoms with E-state index in [9.17, 15) is 18.0 Å². The lowest BCUT2D eigenvalue weighted by Crippen LogP contribution is -2.11. The molecule has 0 saturated carbocycles. The van der Waals surface area contributed by atoms with Gasteiger partial charge in [-0.15, -0.1) is 0 Å². The monoisotopic (exact) mass is 389 g/mol. The molecule has 0 unspecified atom stereocenters. The van der Waals surface area contributed by atoms with E-state index in [2.05, 4.69) is 5.32 Å². The van der Waals surface area contributed by atoms with Crippen LogP contribution in [0.3, 0.4) is 0 Å². The number of amides is 1. The van der Waals surface area contributed by atoms with Crippen molar-refractivity contribution in [1.29, 1.82) is 0 Å². The number of nitrogens with one attached hydrogen (secondary N) is 1. The zero-order valence-corrected chi connectivity index (χ0v) is 14.3. The van der Waals surface area contributed by atoms with Crippen molar-refractivity contribution in [3.8, 4) is 5.75 Å². The molecule has 0 saturated heterocycles. The maximum atomic E-state index is 12.7. The highest BCUT2D eigenvalue weighted by atomic mass is 35.5. The van der Waals surface area contributed by atoms with Crippen LogP contribution in [0.2, 0.25) is 10.0 Å². The van der Waals surface area contributed by atoms with E-state index < -0.39 is 17.6 Å².